The Hall–Kier alpha value is -2.71. The van der Waals surface area contributed by atoms with Crippen molar-refractivity contribution in [1.82, 2.24) is 19.5 Å². The monoisotopic (exact) mass is 444 g/mol. The zero-order valence-corrected chi connectivity index (χ0v) is 18.4. The van der Waals surface area contributed by atoms with Crippen LogP contribution >= 0.6 is 11.6 Å². The molecule has 0 spiro atoms. The summed E-state index contributed by atoms with van der Waals surface area (Å²) in [5.41, 5.74) is 6.86. The van der Waals surface area contributed by atoms with E-state index < -0.39 is 5.60 Å². The highest BCUT2D eigenvalue weighted by atomic mass is 35.5. The highest BCUT2D eigenvalue weighted by molar-refractivity contribution is 6.35. The molecule has 1 fully saturated rings. The highest BCUT2D eigenvalue weighted by Gasteiger charge is 2.39. The number of aliphatic hydroxyl groups is 1. The number of nitrogens with zero attached hydrogens (tertiary/aromatic N) is 5. The van der Waals surface area contributed by atoms with Crippen molar-refractivity contribution in [2.24, 2.45) is 0 Å². The molecule has 31 heavy (non-hydrogen) atoms. The van der Waals surface area contributed by atoms with Crippen molar-refractivity contribution < 1.29 is 9.50 Å². The van der Waals surface area contributed by atoms with Gasteiger partial charge in [0.05, 0.1) is 5.69 Å². The summed E-state index contributed by atoms with van der Waals surface area (Å²) in [7, 11) is 0. The zero-order valence-electron chi connectivity index (χ0n) is 17.6. The molecule has 1 aromatic carbocycles. The van der Waals surface area contributed by atoms with E-state index in [-0.39, 0.29) is 11.6 Å². The molecule has 0 radical (unpaired) electrons. The number of nitrogens with two attached hydrogens (primary N) is 1. The predicted octanol–water partition coefficient (Wildman–Crippen LogP) is 3.92. The fourth-order valence-corrected chi connectivity index (χ4v) is 4.27. The molecule has 0 aliphatic carbocycles. The topological polar surface area (TPSA) is 93.1 Å². The maximum absolute atomic E-state index is 13.7. The standard InChI is InChI=1S/C22H26ClFN6O/c1-3-8-30-12-17(15-4-5-16(24)14(2)11-15)28-21(30)22(31)6-9-29(10-7-22)20-18(23)19(25)26-13-27-20/h4-5,11-13,31H,3,6-10H2,1-2H3,(H2,25,26,27). The summed E-state index contributed by atoms with van der Waals surface area (Å²) in [6, 6.07) is 4.96. The number of nitrogen functional groups attached to an aromatic ring is 1. The van der Waals surface area contributed by atoms with E-state index in [0.29, 0.717) is 48.2 Å². The van der Waals surface area contributed by atoms with Gasteiger partial charge in [-0.15, -0.1) is 0 Å². The molecule has 1 aliphatic rings. The zero-order chi connectivity index (χ0) is 22.2. The lowest BCUT2D eigenvalue weighted by Gasteiger charge is -2.38. The second-order valence-electron chi connectivity index (χ2n) is 8.02. The van der Waals surface area contributed by atoms with Gasteiger partial charge >= 0.3 is 0 Å². The van der Waals surface area contributed by atoms with Crippen LogP contribution in [0.1, 0.15) is 37.6 Å². The minimum atomic E-state index is -1.08. The molecule has 4 rings (SSSR count). The molecule has 1 saturated heterocycles. The summed E-state index contributed by atoms with van der Waals surface area (Å²) in [6.07, 6.45) is 5.18. The highest BCUT2D eigenvalue weighted by Crippen LogP contribution is 2.37. The molecule has 1 aliphatic heterocycles. The number of aryl methyl sites for hydroxylation is 2. The number of imidazole rings is 1. The number of hydrogen-bond donors (Lipinski definition) is 2. The Bertz CT molecular complexity index is 1090. The molecule has 0 unspecified atom stereocenters. The lowest BCUT2D eigenvalue weighted by Crippen LogP contribution is -2.44. The van der Waals surface area contributed by atoms with Gasteiger partial charge in [-0.25, -0.2) is 19.3 Å². The van der Waals surface area contributed by atoms with Crippen molar-refractivity contribution in [2.75, 3.05) is 23.7 Å². The van der Waals surface area contributed by atoms with Crippen LogP contribution in [0.5, 0.6) is 0 Å². The summed E-state index contributed by atoms with van der Waals surface area (Å²) in [5.74, 6) is 1.21. The lowest BCUT2D eigenvalue weighted by atomic mass is 9.90. The molecule has 164 valence electrons. The van der Waals surface area contributed by atoms with Crippen LogP contribution in [0, 0.1) is 12.7 Å². The van der Waals surface area contributed by atoms with Gasteiger partial charge in [-0.3, -0.25) is 0 Å². The molecule has 0 amide bonds. The number of benzene rings is 1. The van der Waals surface area contributed by atoms with E-state index in [2.05, 4.69) is 16.9 Å². The van der Waals surface area contributed by atoms with Crippen LogP contribution in [-0.2, 0) is 12.1 Å². The Kier molecular flexibility index (Phi) is 5.85. The normalized spacial score (nSPS) is 16.0. The molecule has 0 bridgehead atoms. The summed E-state index contributed by atoms with van der Waals surface area (Å²) >= 11 is 6.28. The maximum atomic E-state index is 13.7. The number of piperidine rings is 1. The average molecular weight is 445 g/mol. The molecule has 3 heterocycles. The van der Waals surface area contributed by atoms with Gasteiger partial charge in [0.2, 0.25) is 0 Å². The van der Waals surface area contributed by atoms with E-state index in [0.717, 1.165) is 24.2 Å². The second-order valence-corrected chi connectivity index (χ2v) is 8.40. The third-order valence-corrected chi connectivity index (χ3v) is 6.16. The number of halogens is 2. The van der Waals surface area contributed by atoms with Crippen LogP contribution in [0.4, 0.5) is 16.0 Å². The van der Waals surface area contributed by atoms with Crippen LogP contribution < -0.4 is 10.6 Å². The molecule has 3 aromatic rings. The van der Waals surface area contributed by atoms with Crippen LogP contribution in [0.25, 0.3) is 11.3 Å². The van der Waals surface area contributed by atoms with Gasteiger partial charge in [0.25, 0.3) is 0 Å². The molecular formula is C22H26ClFN6O. The van der Waals surface area contributed by atoms with Crippen LogP contribution in [-0.4, -0.2) is 37.7 Å². The first-order valence-electron chi connectivity index (χ1n) is 10.4. The summed E-state index contributed by atoms with van der Waals surface area (Å²) < 4.78 is 15.7. The first-order chi connectivity index (χ1) is 14.8. The molecule has 9 heteroatoms. The Balaban J connectivity index is 1.62. The molecule has 3 N–H and O–H groups in total. The van der Waals surface area contributed by atoms with E-state index in [1.807, 2.05) is 15.7 Å². The van der Waals surface area contributed by atoms with Gasteiger partial charge in [0.15, 0.2) is 5.82 Å². The van der Waals surface area contributed by atoms with Gasteiger partial charge in [0.1, 0.15) is 34.4 Å². The summed E-state index contributed by atoms with van der Waals surface area (Å²) in [4.78, 5) is 15.0. The molecule has 0 saturated carbocycles. The Morgan fingerprint density at radius 2 is 2.00 bits per heavy atom. The molecule has 7 nitrogen and oxygen atoms in total. The van der Waals surface area contributed by atoms with Crippen molar-refractivity contribution in [1.29, 1.82) is 0 Å². The minimum absolute atomic E-state index is 0.241. The van der Waals surface area contributed by atoms with Gasteiger partial charge in [-0.05, 0) is 37.1 Å². The maximum Gasteiger partial charge on any atom is 0.153 e. The molecule has 2 aromatic heterocycles. The van der Waals surface area contributed by atoms with E-state index in [4.69, 9.17) is 22.3 Å². The summed E-state index contributed by atoms with van der Waals surface area (Å²) in [5, 5.41) is 11.9. The van der Waals surface area contributed by atoms with E-state index in [9.17, 15) is 9.50 Å². The van der Waals surface area contributed by atoms with E-state index >= 15 is 0 Å². The van der Waals surface area contributed by atoms with Gasteiger partial charge in [-0.2, -0.15) is 0 Å². The fourth-order valence-electron chi connectivity index (χ4n) is 4.05. The SMILES string of the molecule is CCCn1cc(-c2ccc(F)c(C)c2)nc1C1(O)CCN(c2ncnc(N)c2Cl)CC1. The predicted molar refractivity (Wildman–Crippen MR) is 119 cm³/mol. The second kappa shape index (κ2) is 8.43. The Labute approximate surface area is 185 Å². The van der Waals surface area contributed by atoms with Crippen molar-refractivity contribution in [3.05, 3.63) is 53.0 Å². The first kappa shape index (κ1) is 21.5. The van der Waals surface area contributed by atoms with Crippen molar-refractivity contribution >= 4 is 23.2 Å². The van der Waals surface area contributed by atoms with Crippen LogP contribution in [0.3, 0.4) is 0 Å². The van der Waals surface area contributed by atoms with Crippen molar-refractivity contribution in [3.63, 3.8) is 0 Å². The quantitative estimate of drug-likeness (QED) is 0.619. The van der Waals surface area contributed by atoms with Crippen molar-refractivity contribution in [2.45, 2.75) is 45.3 Å². The van der Waals surface area contributed by atoms with Gasteiger partial charge < -0.3 is 20.3 Å². The fraction of sp³-hybridized carbons (Fsp3) is 0.409. The lowest BCUT2D eigenvalue weighted by molar-refractivity contribution is -0.000155. The number of rotatable bonds is 5. The average Bonchev–Trinajstić information content (AvgIpc) is 3.18. The third kappa shape index (κ3) is 4.09. The number of aromatic nitrogens is 4. The largest absolute Gasteiger partial charge is 0.382 e. The third-order valence-electron chi connectivity index (χ3n) is 5.80. The van der Waals surface area contributed by atoms with Gasteiger partial charge in [-0.1, -0.05) is 18.5 Å². The molecule has 0 atom stereocenters. The van der Waals surface area contributed by atoms with Crippen LogP contribution in [0.2, 0.25) is 5.02 Å². The van der Waals surface area contributed by atoms with Crippen molar-refractivity contribution in [3.8, 4) is 11.3 Å². The van der Waals surface area contributed by atoms with E-state index in [1.54, 1.807) is 19.1 Å². The molecular weight excluding hydrogens is 419 g/mol. The van der Waals surface area contributed by atoms with Crippen LogP contribution in [0.15, 0.2) is 30.7 Å². The smallest absolute Gasteiger partial charge is 0.153 e. The van der Waals surface area contributed by atoms with Gasteiger partial charge in [0, 0.05) is 44.2 Å². The first-order valence-corrected chi connectivity index (χ1v) is 10.8. The van der Waals surface area contributed by atoms with E-state index in [1.165, 1.54) is 12.4 Å². The summed E-state index contributed by atoms with van der Waals surface area (Å²) in [6.45, 7) is 5.66. The number of anilines is 2. The number of hydrogen-bond acceptors (Lipinski definition) is 6. The minimum Gasteiger partial charge on any atom is -0.382 e. The Morgan fingerprint density at radius 3 is 2.68 bits per heavy atom. The Morgan fingerprint density at radius 1 is 1.26 bits per heavy atom.